The lowest BCUT2D eigenvalue weighted by Gasteiger charge is -2.03. The van der Waals surface area contributed by atoms with E-state index in [0.29, 0.717) is 18.5 Å². The van der Waals surface area contributed by atoms with Gasteiger partial charge in [-0.25, -0.2) is 0 Å². The van der Waals surface area contributed by atoms with Crippen LogP contribution < -0.4 is 5.73 Å². The molecule has 10 heavy (non-hydrogen) atoms. The smallest absolute Gasteiger partial charge is 0.0485 e. The molecule has 3 heteroatoms. The van der Waals surface area contributed by atoms with Gasteiger partial charge in [0.15, 0.2) is 0 Å². The summed E-state index contributed by atoms with van der Waals surface area (Å²) in [5.74, 6) is 0. The van der Waals surface area contributed by atoms with Gasteiger partial charge in [0.2, 0.25) is 0 Å². The van der Waals surface area contributed by atoms with E-state index in [2.05, 4.69) is 0 Å². The second-order valence-electron chi connectivity index (χ2n) is 2.25. The summed E-state index contributed by atoms with van der Waals surface area (Å²) < 4.78 is 0. The first-order valence-corrected chi connectivity index (χ1v) is 3.38. The molecular formula is C7H15NO2. The van der Waals surface area contributed by atoms with E-state index in [0.717, 1.165) is 5.57 Å². The van der Waals surface area contributed by atoms with E-state index in [-0.39, 0.29) is 13.2 Å². The molecule has 0 aromatic carbocycles. The third kappa shape index (κ3) is 3.48. The number of rotatable bonds is 4. The van der Waals surface area contributed by atoms with Crippen molar-refractivity contribution in [2.75, 3.05) is 13.2 Å². The molecule has 0 spiro atoms. The summed E-state index contributed by atoms with van der Waals surface area (Å²) in [5, 5.41) is 17.0. The summed E-state index contributed by atoms with van der Waals surface area (Å²) in [6.07, 6.45) is 1.11. The van der Waals surface area contributed by atoms with Crippen molar-refractivity contribution in [3.8, 4) is 0 Å². The molecule has 0 atom stereocenters. The fraction of sp³-hybridized carbons (Fsp3) is 0.714. The van der Waals surface area contributed by atoms with Crippen molar-refractivity contribution in [1.29, 1.82) is 0 Å². The van der Waals surface area contributed by atoms with Crippen LogP contribution in [0.15, 0.2) is 11.3 Å². The van der Waals surface area contributed by atoms with E-state index in [1.54, 1.807) is 0 Å². The Hall–Kier alpha value is -0.540. The van der Waals surface area contributed by atoms with Gasteiger partial charge in [0.1, 0.15) is 0 Å². The van der Waals surface area contributed by atoms with Gasteiger partial charge in [-0.3, -0.25) is 0 Å². The van der Waals surface area contributed by atoms with E-state index < -0.39 is 0 Å². The van der Waals surface area contributed by atoms with Crippen LogP contribution in [0.1, 0.15) is 19.8 Å². The van der Waals surface area contributed by atoms with Gasteiger partial charge in [0.25, 0.3) is 0 Å². The lowest BCUT2D eigenvalue weighted by atomic mass is 10.1. The minimum Gasteiger partial charge on any atom is -0.402 e. The molecule has 0 amide bonds. The second-order valence-corrected chi connectivity index (χ2v) is 2.25. The highest BCUT2D eigenvalue weighted by Gasteiger charge is 1.95. The Bertz CT molecular complexity index is 107. The normalized spacial score (nSPS) is 13.1. The van der Waals surface area contributed by atoms with Gasteiger partial charge in [-0.2, -0.15) is 0 Å². The molecule has 0 bridgehead atoms. The molecule has 3 nitrogen and oxygen atoms in total. The van der Waals surface area contributed by atoms with E-state index in [9.17, 15) is 0 Å². The molecular weight excluding hydrogens is 130 g/mol. The largest absolute Gasteiger partial charge is 0.402 e. The maximum Gasteiger partial charge on any atom is 0.0485 e. The summed E-state index contributed by atoms with van der Waals surface area (Å²) in [5.41, 5.74) is 7.18. The number of nitrogens with two attached hydrogens (primary N) is 1. The van der Waals surface area contributed by atoms with Crippen LogP contribution in [0.5, 0.6) is 0 Å². The molecule has 0 fully saturated rings. The molecule has 0 aromatic heterocycles. The van der Waals surface area contributed by atoms with Gasteiger partial charge < -0.3 is 15.9 Å². The quantitative estimate of drug-likeness (QED) is 0.521. The number of hydrogen-bond donors (Lipinski definition) is 3. The van der Waals surface area contributed by atoms with Crippen molar-refractivity contribution in [1.82, 2.24) is 0 Å². The predicted octanol–water partition coefficient (Wildman–Crippen LogP) is -0.0161. The first kappa shape index (κ1) is 9.46. The zero-order chi connectivity index (χ0) is 7.98. The summed E-state index contributed by atoms with van der Waals surface area (Å²) in [6, 6.07) is 0. The Balaban J connectivity index is 3.79. The topological polar surface area (TPSA) is 66.5 Å². The van der Waals surface area contributed by atoms with Crippen molar-refractivity contribution in [3.05, 3.63) is 11.3 Å². The van der Waals surface area contributed by atoms with E-state index in [4.69, 9.17) is 15.9 Å². The average molecular weight is 145 g/mol. The molecule has 0 radical (unpaired) electrons. The minimum atomic E-state index is 0.0780. The van der Waals surface area contributed by atoms with Crippen LogP contribution in [-0.2, 0) is 0 Å². The van der Waals surface area contributed by atoms with Gasteiger partial charge in [-0.1, -0.05) is 5.57 Å². The van der Waals surface area contributed by atoms with Gasteiger partial charge in [-0.05, 0) is 13.3 Å². The molecule has 0 aliphatic carbocycles. The molecule has 0 unspecified atom stereocenters. The third-order valence-electron chi connectivity index (χ3n) is 1.42. The zero-order valence-corrected chi connectivity index (χ0v) is 6.30. The van der Waals surface area contributed by atoms with Crippen molar-refractivity contribution < 1.29 is 10.2 Å². The summed E-state index contributed by atoms with van der Waals surface area (Å²) in [6.45, 7) is 2.06. The molecule has 0 aliphatic rings. The highest BCUT2D eigenvalue weighted by atomic mass is 16.3. The molecule has 0 saturated carbocycles. The first-order valence-electron chi connectivity index (χ1n) is 3.38. The van der Waals surface area contributed by atoms with E-state index in [1.165, 1.54) is 0 Å². The molecule has 0 heterocycles. The maximum atomic E-state index is 8.50. The van der Waals surface area contributed by atoms with Crippen LogP contribution in [0.2, 0.25) is 0 Å². The molecule has 0 aromatic rings. The second kappa shape index (κ2) is 5.26. The van der Waals surface area contributed by atoms with Crippen LogP contribution in [0.25, 0.3) is 0 Å². The van der Waals surface area contributed by atoms with Gasteiger partial charge in [0.05, 0.1) is 0 Å². The molecule has 0 rings (SSSR count). The molecule has 4 N–H and O–H groups in total. The van der Waals surface area contributed by atoms with Crippen molar-refractivity contribution >= 4 is 0 Å². The third-order valence-corrected chi connectivity index (χ3v) is 1.42. The van der Waals surface area contributed by atoms with Gasteiger partial charge in [0, 0.05) is 25.3 Å². The Labute approximate surface area is 61.2 Å². The van der Waals surface area contributed by atoms with Crippen LogP contribution in [0, 0.1) is 0 Å². The van der Waals surface area contributed by atoms with Crippen molar-refractivity contribution in [2.24, 2.45) is 5.73 Å². The summed E-state index contributed by atoms with van der Waals surface area (Å²) in [4.78, 5) is 0. The first-order chi connectivity index (χ1) is 4.72. The molecule has 0 saturated heterocycles. The van der Waals surface area contributed by atoms with Crippen LogP contribution in [0.3, 0.4) is 0 Å². The molecule has 60 valence electrons. The van der Waals surface area contributed by atoms with E-state index in [1.807, 2.05) is 6.92 Å². The number of hydrogen-bond acceptors (Lipinski definition) is 3. The zero-order valence-electron chi connectivity index (χ0n) is 6.30. The molecule has 0 aliphatic heterocycles. The fourth-order valence-corrected chi connectivity index (χ4v) is 0.662. The van der Waals surface area contributed by atoms with Gasteiger partial charge >= 0.3 is 0 Å². The average Bonchev–Trinajstić information content (AvgIpc) is 1.89. The minimum absolute atomic E-state index is 0.0780. The summed E-state index contributed by atoms with van der Waals surface area (Å²) in [7, 11) is 0. The number of aliphatic hydroxyl groups is 2. The lowest BCUT2D eigenvalue weighted by Crippen LogP contribution is -2.04. The Morgan fingerprint density at radius 2 is 1.70 bits per heavy atom. The van der Waals surface area contributed by atoms with Gasteiger partial charge in [-0.15, -0.1) is 0 Å². The lowest BCUT2D eigenvalue weighted by molar-refractivity contribution is 0.292. The maximum absolute atomic E-state index is 8.50. The standard InChI is InChI=1S/C7H15NO2/c1-6(2-4-9)7(8)3-5-10/h9-10H,2-5,8H2,1H3. The number of aliphatic hydroxyl groups excluding tert-OH is 2. The van der Waals surface area contributed by atoms with E-state index >= 15 is 0 Å². The highest BCUT2D eigenvalue weighted by molar-refractivity contribution is 5.08. The SMILES string of the molecule is CC(CCO)=C(N)CCO. The van der Waals surface area contributed by atoms with Crippen molar-refractivity contribution in [3.63, 3.8) is 0 Å². The predicted molar refractivity (Wildman–Crippen MR) is 40.3 cm³/mol. The van der Waals surface area contributed by atoms with Crippen LogP contribution >= 0.6 is 0 Å². The van der Waals surface area contributed by atoms with Crippen LogP contribution in [0.4, 0.5) is 0 Å². The van der Waals surface area contributed by atoms with Crippen molar-refractivity contribution in [2.45, 2.75) is 19.8 Å². The van der Waals surface area contributed by atoms with Crippen LogP contribution in [-0.4, -0.2) is 23.4 Å². The Kier molecular flexibility index (Phi) is 4.98. The monoisotopic (exact) mass is 145 g/mol. The Morgan fingerprint density at radius 3 is 2.10 bits per heavy atom. The highest BCUT2D eigenvalue weighted by Crippen LogP contribution is 2.04. The Morgan fingerprint density at radius 1 is 1.20 bits per heavy atom. The summed E-state index contributed by atoms with van der Waals surface area (Å²) >= 11 is 0. The fourth-order valence-electron chi connectivity index (χ4n) is 0.662.